The molecule has 0 aliphatic rings. The van der Waals surface area contributed by atoms with Crippen molar-refractivity contribution in [1.29, 1.82) is 5.26 Å². The molecule has 0 radical (unpaired) electrons. The zero-order chi connectivity index (χ0) is 14.4. The van der Waals surface area contributed by atoms with Gasteiger partial charge in [-0.15, -0.1) is 0 Å². The van der Waals surface area contributed by atoms with Gasteiger partial charge >= 0.3 is 0 Å². The summed E-state index contributed by atoms with van der Waals surface area (Å²) in [5.41, 5.74) is 2.12. The molecule has 0 N–H and O–H groups in total. The number of aromatic nitrogens is 1. The molecule has 1 aromatic heterocycles. The summed E-state index contributed by atoms with van der Waals surface area (Å²) in [5, 5.41) is 9.21. The second-order valence-electron chi connectivity index (χ2n) is 4.26. The van der Waals surface area contributed by atoms with E-state index in [-0.39, 0.29) is 0 Å². The third kappa shape index (κ3) is 3.07. The monoisotopic (exact) mass is 268 g/mol. The lowest BCUT2D eigenvalue weighted by atomic mass is 10.1. The molecule has 1 aromatic carbocycles. The fraction of sp³-hybridized carbons (Fsp3) is 0.250. The summed E-state index contributed by atoms with van der Waals surface area (Å²) in [6.07, 6.45) is 2.49. The molecule has 1 heterocycles. The predicted octanol–water partition coefficient (Wildman–Crippen LogP) is 3.42. The Morgan fingerprint density at radius 2 is 2.15 bits per heavy atom. The van der Waals surface area contributed by atoms with Crippen molar-refractivity contribution < 1.29 is 9.47 Å². The van der Waals surface area contributed by atoms with Crippen LogP contribution in [0.25, 0.3) is 11.3 Å². The average Bonchev–Trinajstić information content (AvgIpc) is 2.52. The largest absolute Gasteiger partial charge is 0.497 e. The van der Waals surface area contributed by atoms with E-state index < -0.39 is 0 Å². The van der Waals surface area contributed by atoms with Crippen LogP contribution in [0, 0.1) is 11.3 Å². The van der Waals surface area contributed by atoms with Gasteiger partial charge in [-0.2, -0.15) is 5.26 Å². The minimum absolute atomic E-state index is 0.492. The number of ether oxygens (including phenoxy) is 2. The summed E-state index contributed by atoms with van der Waals surface area (Å²) < 4.78 is 10.7. The van der Waals surface area contributed by atoms with Gasteiger partial charge in [-0.25, -0.2) is 0 Å². The van der Waals surface area contributed by atoms with Crippen LogP contribution in [0.2, 0.25) is 0 Å². The normalized spacial score (nSPS) is 9.85. The molecular weight excluding hydrogens is 252 g/mol. The first kappa shape index (κ1) is 13.9. The Bertz CT molecular complexity index is 633. The highest BCUT2D eigenvalue weighted by Gasteiger charge is 2.08. The van der Waals surface area contributed by atoms with Gasteiger partial charge in [0.2, 0.25) is 0 Å². The third-order valence-electron chi connectivity index (χ3n) is 2.82. The number of benzene rings is 1. The molecule has 102 valence electrons. The van der Waals surface area contributed by atoms with E-state index in [1.807, 2.05) is 31.2 Å². The standard InChI is InChI=1S/C16H16N2O2/c1-3-7-20-16-11-18-15(9-13(16)10-17)12-5-4-6-14(8-12)19-2/h4-6,8-9,11H,3,7H2,1-2H3. The Balaban J connectivity index is 2.36. The van der Waals surface area contributed by atoms with Gasteiger partial charge in [0, 0.05) is 5.56 Å². The maximum Gasteiger partial charge on any atom is 0.155 e. The lowest BCUT2D eigenvalue weighted by Gasteiger charge is -2.08. The Labute approximate surface area is 118 Å². The van der Waals surface area contributed by atoms with E-state index in [4.69, 9.17) is 9.47 Å². The Kier molecular flexibility index (Phi) is 4.56. The number of methoxy groups -OCH3 is 1. The maximum absolute atomic E-state index is 9.21. The molecule has 0 fully saturated rings. The maximum atomic E-state index is 9.21. The highest BCUT2D eigenvalue weighted by Crippen LogP contribution is 2.26. The minimum Gasteiger partial charge on any atom is -0.497 e. The molecule has 0 unspecified atom stereocenters. The van der Waals surface area contributed by atoms with Crippen LogP contribution in [-0.2, 0) is 0 Å². The van der Waals surface area contributed by atoms with Gasteiger partial charge in [-0.1, -0.05) is 19.1 Å². The molecule has 0 saturated carbocycles. The van der Waals surface area contributed by atoms with Crippen molar-refractivity contribution in [2.24, 2.45) is 0 Å². The molecule has 2 aromatic rings. The van der Waals surface area contributed by atoms with Crippen molar-refractivity contribution in [2.45, 2.75) is 13.3 Å². The molecule has 4 nitrogen and oxygen atoms in total. The first-order valence-electron chi connectivity index (χ1n) is 6.46. The second kappa shape index (κ2) is 6.58. The zero-order valence-electron chi connectivity index (χ0n) is 11.6. The van der Waals surface area contributed by atoms with E-state index in [0.29, 0.717) is 17.9 Å². The van der Waals surface area contributed by atoms with E-state index >= 15 is 0 Å². The highest BCUT2D eigenvalue weighted by atomic mass is 16.5. The molecule has 0 atom stereocenters. The van der Waals surface area contributed by atoms with Crippen LogP contribution in [0.3, 0.4) is 0 Å². The van der Waals surface area contributed by atoms with Crippen molar-refractivity contribution in [2.75, 3.05) is 13.7 Å². The van der Waals surface area contributed by atoms with E-state index in [2.05, 4.69) is 11.1 Å². The molecule has 0 aliphatic carbocycles. The molecular formula is C16H16N2O2. The van der Waals surface area contributed by atoms with E-state index in [9.17, 15) is 5.26 Å². The molecule has 0 amide bonds. The van der Waals surface area contributed by atoms with Crippen LogP contribution >= 0.6 is 0 Å². The SMILES string of the molecule is CCCOc1cnc(-c2cccc(OC)c2)cc1C#N. The van der Waals surface area contributed by atoms with Crippen LogP contribution in [0.15, 0.2) is 36.5 Å². The number of pyridine rings is 1. The van der Waals surface area contributed by atoms with E-state index in [1.54, 1.807) is 19.4 Å². The predicted molar refractivity (Wildman–Crippen MR) is 76.7 cm³/mol. The second-order valence-corrected chi connectivity index (χ2v) is 4.26. The van der Waals surface area contributed by atoms with Crippen LogP contribution < -0.4 is 9.47 Å². The zero-order valence-corrected chi connectivity index (χ0v) is 11.6. The van der Waals surface area contributed by atoms with Gasteiger partial charge in [0.25, 0.3) is 0 Å². The fourth-order valence-corrected chi connectivity index (χ4v) is 1.80. The molecule has 20 heavy (non-hydrogen) atoms. The fourth-order valence-electron chi connectivity index (χ4n) is 1.80. The molecule has 0 saturated heterocycles. The summed E-state index contributed by atoms with van der Waals surface area (Å²) in [5.74, 6) is 1.29. The average molecular weight is 268 g/mol. The number of rotatable bonds is 5. The quantitative estimate of drug-likeness (QED) is 0.833. The van der Waals surface area contributed by atoms with Crippen LogP contribution in [0.4, 0.5) is 0 Å². The van der Waals surface area contributed by atoms with E-state index in [0.717, 1.165) is 23.4 Å². The van der Waals surface area contributed by atoms with Gasteiger partial charge in [0.1, 0.15) is 11.8 Å². The molecule has 4 heteroatoms. The Hall–Kier alpha value is -2.54. The van der Waals surface area contributed by atoms with Crippen molar-refractivity contribution in [1.82, 2.24) is 4.98 Å². The van der Waals surface area contributed by atoms with Gasteiger partial charge in [0.15, 0.2) is 5.75 Å². The smallest absolute Gasteiger partial charge is 0.155 e. The first-order valence-corrected chi connectivity index (χ1v) is 6.46. The molecule has 2 rings (SSSR count). The minimum atomic E-state index is 0.492. The number of nitrogens with zero attached hydrogens (tertiary/aromatic N) is 2. The van der Waals surface area contributed by atoms with Gasteiger partial charge in [-0.05, 0) is 24.6 Å². The summed E-state index contributed by atoms with van der Waals surface area (Å²) in [7, 11) is 1.62. The van der Waals surface area contributed by atoms with Crippen molar-refractivity contribution in [3.05, 3.63) is 42.1 Å². The lowest BCUT2D eigenvalue weighted by Crippen LogP contribution is -1.98. The number of nitriles is 1. The topological polar surface area (TPSA) is 55.1 Å². The molecule has 0 aliphatic heterocycles. The van der Waals surface area contributed by atoms with Crippen molar-refractivity contribution in [3.63, 3.8) is 0 Å². The van der Waals surface area contributed by atoms with Crippen LogP contribution in [0.5, 0.6) is 11.5 Å². The van der Waals surface area contributed by atoms with Crippen molar-refractivity contribution >= 4 is 0 Å². The third-order valence-corrected chi connectivity index (χ3v) is 2.82. The van der Waals surface area contributed by atoms with Gasteiger partial charge in [0.05, 0.1) is 31.2 Å². The van der Waals surface area contributed by atoms with E-state index in [1.165, 1.54) is 0 Å². The Morgan fingerprint density at radius 1 is 1.30 bits per heavy atom. The number of hydrogen-bond acceptors (Lipinski definition) is 4. The summed E-state index contributed by atoms with van der Waals surface area (Å²) in [6.45, 7) is 2.60. The first-order chi connectivity index (χ1) is 9.78. The number of hydrogen-bond donors (Lipinski definition) is 0. The lowest BCUT2D eigenvalue weighted by molar-refractivity contribution is 0.315. The van der Waals surface area contributed by atoms with Crippen LogP contribution in [-0.4, -0.2) is 18.7 Å². The summed E-state index contributed by atoms with van der Waals surface area (Å²) in [4.78, 5) is 4.35. The highest BCUT2D eigenvalue weighted by molar-refractivity contribution is 5.64. The van der Waals surface area contributed by atoms with Crippen molar-refractivity contribution in [3.8, 4) is 28.8 Å². The van der Waals surface area contributed by atoms with Crippen LogP contribution in [0.1, 0.15) is 18.9 Å². The summed E-state index contributed by atoms with van der Waals surface area (Å²) in [6, 6.07) is 11.5. The summed E-state index contributed by atoms with van der Waals surface area (Å²) >= 11 is 0. The Morgan fingerprint density at radius 3 is 2.85 bits per heavy atom. The molecule has 0 bridgehead atoms. The molecule has 0 spiro atoms. The van der Waals surface area contributed by atoms with Gasteiger partial charge in [-0.3, -0.25) is 4.98 Å². The van der Waals surface area contributed by atoms with Gasteiger partial charge < -0.3 is 9.47 Å².